The first-order chi connectivity index (χ1) is 14.4. The molecule has 0 bridgehead atoms. The summed E-state index contributed by atoms with van der Waals surface area (Å²) in [6.45, 7) is 2.54. The molecule has 1 amide bonds. The number of pyridine rings is 1. The number of sulfonamides is 1. The molecule has 0 saturated carbocycles. The van der Waals surface area contributed by atoms with Gasteiger partial charge < -0.3 is 9.88 Å². The van der Waals surface area contributed by atoms with Crippen LogP contribution < -0.4 is 4.72 Å². The molecule has 1 atom stereocenters. The molecule has 30 heavy (non-hydrogen) atoms. The Morgan fingerprint density at radius 3 is 2.70 bits per heavy atom. The fourth-order valence-corrected chi connectivity index (χ4v) is 5.28. The monoisotopic (exact) mass is 430 g/mol. The summed E-state index contributed by atoms with van der Waals surface area (Å²) in [5.41, 5.74) is 2.04. The average molecular weight is 431 g/mol. The molecule has 0 spiro atoms. The maximum Gasteiger partial charge on any atom is 0.244 e. The number of amides is 1. The zero-order valence-corrected chi connectivity index (χ0v) is 17.3. The summed E-state index contributed by atoms with van der Waals surface area (Å²) < 4.78 is 41.1. The fraction of sp³-hybridized carbons (Fsp3) is 0.333. The van der Waals surface area contributed by atoms with Crippen LogP contribution in [0.15, 0.2) is 53.7 Å². The third-order valence-corrected chi connectivity index (χ3v) is 7.13. The van der Waals surface area contributed by atoms with Crippen LogP contribution in [0, 0.1) is 5.82 Å². The van der Waals surface area contributed by atoms with Gasteiger partial charge in [0.05, 0.1) is 6.04 Å². The Morgan fingerprint density at radius 2 is 1.97 bits per heavy atom. The van der Waals surface area contributed by atoms with Crippen molar-refractivity contribution >= 4 is 27.0 Å². The van der Waals surface area contributed by atoms with Crippen molar-refractivity contribution in [2.45, 2.75) is 36.6 Å². The molecule has 158 valence electrons. The van der Waals surface area contributed by atoms with E-state index in [1.807, 2.05) is 18.3 Å². The van der Waals surface area contributed by atoms with Gasteiger partial charge in [-0.25, -0.2) is 17.8 Å². The maximum absolute atomic E-state index is 13.9. The summed E-state index contributed by atoms with van der Waals surface area (Å²) >= 11 is 0. The fourth-order valence-electron chi connectivity index (χ4n) is 4.01. The molecule has 1 aliphatic rings. The van der Waals surface area contributed by atoms with Gasteiger partial charge in [-0.15, -0.1) is 0 Å². The topological polar surface area (TPSA) is 95.2 Å². The molecule has 3 heterocycles. The van der Waals surface area contributed by atoms with Crippen molar-refractivity contribution in [2.75, 3.05) is 13.1 Å². The molecule has 9 heteroatoms. The van der Waals surface area contributed by atoms with Gasteiger partial charge in [-0.2, -0.15) is 4.72 Å². The van der Waals surface area contributed by atoms with E-state index in [-0.39, 0.29) is 5.91 Å². The normalized spacial score (nSPS) is 16.7. The number of piperidine rings is 1. The van der Waals surface area contributed by atoms with Crippen LogP contribution in [0.1, 0.15) is 31.2 Å². The number of benzene rings is 1. The number of carbonyl (C=O) groups excluding carboxylic acids is 1. The minimum Gasteiger partial charge on any atom is -0.346 e. The highest BCUT2D eigenvalue weighted by Crippen LogP contribution is 2.32. The van der Waals surface area contributed by atoms with Crippen LogP contribution in [-0.4, -0.2) is 48.3 Å². The Morgan fingerprint density at radius 1 is 1.23 bits per heavy atom. The number of fused-ring (bicyclic) bond motifs is 1. The van der Waals surface area contributed by atoms with E-state index in [9.17, 15) is 17.6 Å². The van der Waals surface area contributed by atoms with Crippen LogP contribution in [0.2, 0.25) is 0 Å². The molecule has 0 radical (unpaired) electrons. The van der Waals surface area contributed by atoms with Gasteiger partial charge in [0.15, 0.2) is 0 Å². The second kappa shape index (κ2) is 8.16. The van der Waals surface area contributed by atoms with E-state index in [2.05, 4.69) is 14.7 Å². The number of nitrogens with zero attached hydrogens (tertiary/aromatic N) is 2. The SMILES string of the molecule is C[C@H](NS(=O)(=O)c1ccccc1F)C(=O)N1CCC(c2c[nH]c3ncccc23)CC1. The number of likely N-dealkylation sites (tertiary alicyclic amines) is 1. The van der Waals surface area contributed by atoms with E-state index < -0.39 is 26.8 Å². The Labute approximate surface area is 174 Å². The number of aromatic amines is 1. The number of hydrogen-bond donors (Lipinski definition) is 2. The smallest absolute Gasteiger partial charge is 0.244 e. The van der Waals surface area contributed by atoms with E-state index in [0.717, 1.165) is 29.9 Å². The van der Waals surface area contributed by atoms with E-state index in [0.29, 0.717) is 19.0 Å². The lowest BCUT2D eigenvalue weighted by molar-refractivity contribution is -0.133. The van der Waals surface area contributed by atoms with Crippen molar-refractivity contribution in [1.82, 2.24) is 19.6 Å². The van der Waals surface area contributed by atoms with Crippen LogP contribution >= 0.6 is 0 Å². The standard InChI is InChI=1S/C21H23FN4O3S/c1-14(25-30(28,29)19-7-3-2-6-18(19)22)21(27)26-11-8-15(9-12-26)17-13-24-20-16(17)5-4-10-23-20/h2-7,10,13-15,25H,8-9,11-12H2,1H3,(H,23,24)/t14-/m0/s1. The molecular formula is C21H23FN4O3S. The van der Waals surface area contributed by atoms with Gasteiger partial charge in [0.2, 0.25) is 15.9 Å². The average Bonchev–Trinajstić information content (AvgIpc) is 3.17. The zero-order chi connectivity index (χ0) is 21.3. The van der Waals surface area contributed by atoms with Gasteiger partial charge in [-0.05, 0) is 55.5 Å². The van der Waals surface area contributed by atoms with Gasteiger partial charge in [-0.3, -0.25) is 4.79 Å². The lowest BCUT2D eigenvalue weighted by Crippen LogP contribution is -2.49. The molecule has 4 rings (SSSR count). The quantitative estimate of drug-likeness (QED) is 0.651. The third kappa shape index (κ3) is 3.95. The number of H-pyrrole nitrogens is 1. The van der Waals surface area contributed by atoms with E-state index in [1.165, 1.54) is 30.7 Å². The minimum absolute atomic E-state index is 0.303. The van der Waals surface area contributed by atoms with Crippen LogP contribution in [0.3, 0.4) is 0 Å². The Kier molecular flexibility index (Phi) is 5.57. The molecule has 7 nitrogen and oxygen atoms in total. The van der Waals surface area contributed by atoms with Crippen LogP contribution in [0.4, 0.5) is 4.39 Å². The van der Waals surface area contributed by atoms with Gasteiger partial charge in [0.25, 0.3) is 0 Å². The summed E-state index contributed by atoms with van der Waals surface area (Å²) in [6.07, 6.45) is 5.28. The van der Waals surface area contributed by atoms with Crippen LogP contribution in [0.25, 0.3) is 11.0 Å². The predicted octanol–water partition coefficient (Wildman–Crippen LogP) is 2.78. The molecule has 1 saturated heterocycles. The van der Waals surface area contributed by atoms with Gasteiger partial charge >= 0.3 is 0 Å². The number of halogens is 1. The van der Waals surface area contributed by atoms with Crippen molar-refractivity contribution in [3.63, 3.8) is 0 Å². The number of hydrogen-bond acceptors (Lipinski definition) is 4. The third-order valence-electron chi connectivity index (χ3n) is 5.56. The van der Waals surface area contributed by atoms with E-state index >= 15 is 0 Å². The highest BCUT2D eigenvalue weighted by molar-refractivity contribution is 7.89. The molecule has 3 aromatic rings. The Hall–Kier alpha value is -2.78. The van der Waals surface area contributed by atoms with Gasteiger partial charge in [0.1, 0.15) is 16.4 Å². The first-order valence-electron chi connectivity index (χ1n) is 9.84. The van der Waals surface area contributed by atoms with Crippen molar-refractivity contribution in [3.8, 4) is 0 Å². The highest BCUT2D eigenvalue weighted by atomic mass is 32.2. The van der Waals surface area contributed by atoms with Crippen molar-refractivity contribution < 1.29 is 17.6 Å². The summed E-state index contributed by atoms with van der Waals surface area (Å²) in [7, 11) is -4.13. The molecular weight excluding hydrogens is 407 g/mol. The predicted molar refractivity (Wildman–Crippen MR) is 111 cm³/mol. The van der Waals surface area contributed by atoms with E-state index in [4.69, 9.17) is 0 Å². The molecule has 0 unspecified atom stereocenters. The number of aromatic nitrogens is 2. The van der Waals surface area contributed by atoms with Crippen LogP contribution in [-0.2, 0) is 14.8 Å². The van der Waals surface area contributed by atoms with Crippen molar-refractivity contribution in [3.05, 3.63) is 60.2 Å². The first-order valence-corrected chi connectivity index (χ1v) is 11.3. The maximum atomic E-state index is 13.9. The minimum atomic E-state index is -4.13. The zero-order valence-electron chi connectivity index (χ0n) is 16.5. The summed E-state index contributed by atoms with van der Waals surface area (Å²) in [5.74, 6) is -0.856. The van der Waals surface area contributed by atoms with E-state index in [1.54, 1.807) is 11.1 Å². The largest absolute Gasteiger partial charge is 0.346 e. The number of rotatable bonds is 5. The van der Waals surface area contributed by atoms with Crippen LogP contribution in [0.5, 0.6) is 0 Å². The lowest BCUT2D eigenvalue weighted by atomic mass is 9.89. The lowest BCUT2D eigenvalue weighted by Gasteiger charge is -2.33. The summed E-state index contributed by atoms with van der Waals surface area (Å²) in [4.78, 5) is 21.5. The molecule has 2 N–H and O–H groups in total. The second-order valence-corrected chi connectivity index (χ2v) is 9.20. The number of nitrogens with one attached hydrogen (secondary N) is 2. The Balaban J connectivity index is 1.40. The van der Waals surface area contributed by atoms with Crippen molar-refractivity contribution in [1.29, 1.82) is 0 Å². The molecule has 2 aromatic heterocycles. The molecule has 0 aliphatic carbocycles. The molecule has 1 fully saturated rings. The molecule has 1 aliphatic heterocycles. The molecule has 1 aromatic carbocycles. The summed E-state index contributed by atoms with van der Waals surface area (Å²) in [5, 5.41) is 1.09. The van der Waals surface area contributed by atoms with Crippen molar-refractivity contribution in [2.24, 2.45) is 0 Å². The second-order valence-electron chi connectivity index (χ2n) is 7.52. The van der Waals surface area contributed by atoms with Gasteiger partial charge in [-0.1, -0.05) is 12.1 Å². The number of carbonyl (C=O) groups is 1. The highest BCUT2D eigenvalue weighted by Gasteiger charge is 2.30. The van der Waals surface area contributed by atoms with Gasteiger partial charge in [0, 0.05) is 30.9 Å². The Bertz CT molecular complexity index is 1170. The summed E-state index contributed by atoms with van der Waals surface area (Å²) in [6, 6.07) is 8.06. The first kappa shape index (κ1) is 20.5.